The second-order valence-electron chi connectivity index (χ2n) is 11.1. The first-order valence-corrected chi connectivity index (χ1v) is 15.1. The summed E-state index contributed by atoms with van der Waals surface area (Å²) in [7, 11) is 0. The number of hydrogen-bond acceptors (Lipinski definition) is 5. The Hall–Kier alpha value is -3.10. The number of anilines is 1. The molecule has 1 aliphatic carbocycles. The highest BCUT2D eigenvalue weighted by Gasteiger charge is 2.46. The molecule has 3 aromatic rings. The van der Waals surface area contributed by atoms with Gasteiger partial charge >= 0.3 is 0 Å². The van der Waals surface area contributed by atoms with E-state index in [4.69, 9.17) is 4.74 Å². The van der Waals surface area contributed by atoms with Crippen molar-refractivity contribution in [2.45, 2.75) is 64.6 Å². The number of fused-ring (bicyclic) bond motifs is 1. The van der Waals surface area contributed by atoms with Crippen LogP contribution in [0.25, 0.3) is 0 Å². The predicted molar refractivity (Wildman–Crippen MR) is 157 cm³/mol. The smallest absolute Gasteiger partial charge is 0.233 e. The van der Waals surface area contributed by atoms with Crippen LogP contribution < -0.4 is 5.32 Å². The van der Waals surface area contributed by atoms with Crippen molar-refractivity contribution in [2.75, 3.05) is 24.4 Å². The number of amides is 2. The van der Waals surface area contributed by atoms with Gasteiger partial charge in [0.05, 0.1) is 36.9 Å². The minimum absolute atomic E-state index is 0.00195. The number of nitrogens with one attached hydrogen (secondary N) is 2. The van der Waals surface area contributed by atoms with E-state index in [1.165, 1.54) is 0 Å². The van der Waals surface area contributed by atoms with Crippen molar-refractivity contribution < 1.29 is 14.3 Å². The van der Waals surface area contributed by atoms with E-state index in [0.29, 0.717) is 19.0 Å². The zero-order valence-electron chi connectivity index (χ0n) is 23.6. The topological polar surface area (TPSA) is 87.3 Å². The first-order chi connectivity index (χ1) is 18.7. The zero-order chi connectivity index (χ0) is 28.0. The second-order valence-corrected chi connectivity index (χ2v) is 12.0. The third-order valence-corrected chi connectivity index (χ3v) is 7.87. The molecule has 0 radical (unpaired) electrons. The molecule has 2 aromatic carbocycles. The largest absolute Gasteiger partial charge is 0.376 e. The van der Waals surface area contributed by atoms with Crippen molar-refractivity contribution in [3.63, 3.8) is 0 Å². The summed E-state index contributed by atoms with van der Waals surface area (Å²) in [4.78, 5) is 28.8. The molecule has 2 amide bonds. The monoisotopic (exact) mass is 548 g/mol. The van der Waals surface area contributed by atoms with Crippen molar-refractivity contribution >= 4 is 29.4 Å². The summed E-state index contributed by atoms with van der Waals surface area (Å²) in [6.07, 6.45) is 6.94. The summed E-state index contributed by atoms with van der Waals surface area (Å²) in [5, 5.41) is 10.5. The van der Waals surface area contributed by atoms with Gasteiger partial charge in [-0.2, -0.15) is 16.9 Å². The molecule has 39 heavy (non-hydrogen) atoms. The number of nitrogens with zero attached hydrogens (tertiary/aromatic N) is 2. The Morgan fingerprint density at radius 3 is 2.26 bits per heavy atom. The van der Waals surface area contributed by atoms with Crippen molar-refractivity contribution in [3.05, 3.63) is 83.0 Å². The molecule has 1 fully saturated rings. The second kappa shape index (κ2) is 12.4. The highest BCUT2D eigenvalue weighted by atomic mass is 32.2. The number of ether oxygens (including phenoxy) is 1. The highest BCUT2D eigenvalue weighted by Crippen LogP contribution is 2.44. The van der Waals surface area contributed by atoms with Crippen LogP contribution in [-0.4, -0.2) is 46.0 Å². The molecule has 8 heteroatoms. The Morgan fingerprint density at radius 1 is 1.05 bits per heavy atom. The van der Waals surface area contributed by atoms with E-state index in [1.54, 1.807) is 11.8 Å². The number of carbonyl (C=O) groups is 2. The molecule has 2 N–H and O–H groups in total. The normalized spacial score (nSPS) is 17.3. The Morgan fingerprint density at radius 2 is 1.67 bits per heavy atom. The van der Waals surface area contributed by atoms with Gasteiger partial charge in [0.1, 0.15) is 0 Å². The van der Waals surface area contributed by atoms with Crippen LogP contribution in [0.15, 0.2) is 60.7 Å². The van der Waals surface area contributed by atoms with Crippen LogP contribution >= 0.6 is 11.8 Å². The Kier molecular flexibility index (Phi) is 9.18. The van der Waals surface area contributed by atoms with E-state index in [2.05, 4.69) is 15.5 Å². The standard InChI is InChI=1S/C29H34N4O3.C2H6S/c1-28(2)24-22(25(32-31-24)30-27(35)29(3)15-10-16-29)17-33(28)26(34)23(21-13-8-5-9-14-21)19-36-18-20-11-6-4-7-12-20;1-3-2/h4-9,11-14,23H,10,15-19H2,1-3H3,(H2,30,31,32,35);1-2H3. The molecule has 1 aliphatic heterocycles. The molecule has 5 rings (SSSR count). The van der Waals surface area contributed by atoms with Crippen LogP contribution in [0.2, 0.25) is 0 Å². The van der Waals surface area contributed by atoms with Gasteiger partial charge in [0.2, 0.25) is 11.8 Å². The Labute approximate surface area is 236 Å². The zero-order valence-corrected chi connectivity index (χ0v) is 24.4. The van der Waals surface area contributed by atoms with E-state index in [-0.39, 0.29) is 23.8 Å². The van der Waals surface area contributed by atoms with Crippen molar-refractivity contribution in [3.8, 4) is 0 Å². The average Bonchev–Trinajstić information content (AvgIpc) is 3.44. The van der Waals surface area contributed by atoms with E-state index in [1.807, 2.05) is 98.8 Å². The molecular formula is C31H40N4O3S. The number of hydrogen-bond donors (Lipinski definition) is 2. The maximum absolute atomic E-state index is 14.0. The molecule has 0 saturated heterocycles. The lowest BCUT2D eigenvalue weighted by Gasteiger charge is -2.36. The van der Waals surface area contributed by atoms with Gasteiger partial charge in [0, 0.05) is 11.0 Å². The molecule has 1 unspecified atom stereocenters. The molecule has 1 saturated carbocycles. The van der Waals surface area contributed by atoms with Gasteiger partial charge < -0.3 is 15.0 Å². The fourth-order valence-electron chi connectivity index (χ4n) is 5.22. The molecular weight excluding hydrogens is 508 g/mol. The minimum Gasteiger partial charge on any atom is -0.376 e. The number of carbonyl (C=O) groups excluding carboxylic acids is 2. The summed E-state index contributed by atoms with van der Waals surface area (Å²) >= 11 is 1.75. The van der Waals surface area contributed by atoms with Crippen LogP contribution in [0.5, 0.6) is 0 Å². The number of thioether (sulfide) groups is 1. The van der Waals surface area contributed by atoms with Crippen LogP contribution in [0, 0.1) is 5.41 Å². The number of aromatic amines is 1. The van der Waals surface area contributed by atoms with Crippen LogP contribution in [0.1, 0.15) is 68.3 Å². The van der Waals surface area contributed by atoms with Crippen LogP contribution in [0.4, 0.5) is 5.82 Å². The maximum Gasteiger partial charge on any atom is 0.233 e. The maximum atomic E-state index is 14.0. The summed E-state index contributed by atoms with van der Waals surface area (Å²) in [6.45, 7) is 7.13. The van der Waals surface area contributed by atoms with Crippen LogP contribution in [-0.2, 0) is 33.0 Å². The molecule has 0 bridgehead atoms. The lowest BCUT2D eigenvalue weighted by atomic mass is 9.70. The first-order valence-electron chi connectivity index (χ1n) is 13.5. The van der Waals surface area contributed by atoms with E-state index < -0.39 is 11.5 Å². The summed E-state index contributed by atoms with van der Waals surface area (Å²) < 4.78 is 6.05. The average molecular weight is 549 g/mol. The lowest BCUT2D eigenvalue weighted by molar-refractivity contribution is -0.140. The van der Waals surface area contributed by atoms with Gasteiger partial charge in [-0.15, -0.1) is 0 Å². The van der Waals surface area contributed by atoms with Crippen molar-refractivity contribution in [1.29, 1.82) is 0 Å². The van der Waals surface area contributed by atoms with E-state index in [9.17, 15) is 9.59 Å². The van der Waals surface area contributed by atoms with Crippen molar-refractivity contribution in [2.24, 2.45) is 5.41 Å². The molecule has 7 nitrogen and oxygen atoms in total. The third-order valence-electron chi connectivity index (χ3n) is 7.87. The van der Waals surface area contributed by atoms with Gasteiger partial charge in [-0.3, -0.25) is 14.7 Å². The molecule has 1 atom stereocenters. The lowest BCUT2D eigenvalue weighted by Crippen LogP contribution is -2.44. The summed E-state index contributed by atoms with van der Waals surface area (Å²) in [5.41, 5.74) is 2.80. The fourth-order valence-corrected chi connectivity index (χ4v) is 5.22. The Bertz CT molecular complexity index is 1260. The molecule has 2 aliphatic rings. The van der Waals surface area contributed by atoms with Gasteiger partial charge in [0.25, 0.3) is 0 Å². The van der Waals surface area contributed by atoms with Gasteiger partial charge in [-0.25, -0.2) is 0 Å². The SMILES string of the molecule is CC1(C(=O)Nc2n[nH]c3c2CN(C(=O)C(COCc2ccccc2)c2ccccc2)C3(C)C)CCC1.CSC. The predicted octanol–water partition coefficient (Wildman–Crippen LogP) is 6.10. The highest BCUT2D eigenvalue weighted by molar-refractivity contribution is 7.97. The molecule has 2 heterocycles. The van der Waals surface area contributed by atoms with Gasteiger partial charge in [-0.1, -0.05) is 74.0 Å². The molecule has 1 aromatic heterocycles. The van der Waals surface area contributed by atoms with E-state index >= 15 is 0 Å². The Balaban J connectivity index is 0.00000112. The number of benzene rings is 2. The third kappa shape index (κ3) is 6.23. The first kappa shape index (κ1) is 28.9. The number of H-pyrrole nitrogens is 1. The van der Waals surface area contributed by atoms with Gasteiger partial charge in [0.15, 0.2) is 5.82 Å². The fraction of sp³-hybridized carbons (Fsp3) is 0.452. The number of rotatable bonds is 8. The molecule has 0 spiro atoms. The van der Waals surface area contributed by atoms with Crippen molar-refractivity contribution in [1.82, 2.24) is 15.1 Å². The summed E-state index contributed by atoms with van der Waals surface area (Å²) in [5.74, 6) is 0.0790. The van der Waals surface area contributed by atoms with Gasteiger partial charge in [-0.05, 0) is 50.3 Å². The number of aromatic nitrogens is 2. The summed E-state index contributed by atoms with van der Waals surface area (Å²) in [6, 6.07) is 19.8. The van der Waals surface area contributed by atoms with Crippen LogP contribution in [0.3, 0.4) is 0 Å². The van der Waals surface area contributed by atoms with E-state index in [0.717, 1.165) is 41.6 Å². The quantitative estimate of drug-likeness (QED) is 0.355. The molecule has 208 valence electrons. The minimum atomic E-state index is -0.602.